The van der Waals surface area contributed by atoms with E-state index in [9.17, 15) is 18.8 Å². The normalized spacial score (nSPS) is 14.0. The van der Waals surface area contributed by atoms with Crippen LogP contribution >= 0.6 is 0 Å². The summed E-state index contributed by atoms with van der Waals surface area (Å²) in [6, 6.07) is 12.6. The molecule has 170 valence electrons. The molecule has 0 aromatic heterocycles. The van der Waals surface area contributed by atoms with E-state index >= 15 is 0 Å². The van der Waals surface area contributed by atoms with E-state index in [4.69, 9.17) is 4.74 Å². The van der Waals surface area contributed by atoms with E-state index in [1.807, 2.05) is 12.1 Å². The number of methoxy groups -OCH3 is 1. The predicted octanol–water partition coefficient (Wildman–Crippen LogP) is 3.22. The molecule has 0 radical (unpaired) electrons. The van der Waals surface area contributed by atoms with Crippen LogP contribution in [0.15, 0.2) is 48.5 Å². The number of piperidine rings is 1. The van der Waals surface area contributed by atoms with Gasteiger partial charge in [-0.05, 0) is 55.7 Å². The SMILES string of the molecule is COc1ccccc1NC(=O)C1CCN(C(=O)CCCNC(=O)c2ccc(F)cc2)CC1. The lowest BCUT2D eigenvalue weighted by atomic mass is 9.95. The molecule has 2 N–H and O–H groups in total. The number of para-hydroxylation sites is 2. The highest BCUT2D eigenvalue weighted by Crippen LogP contribution is 2.26. The van der Waals surface area contributed by atoms with Crippen molar-refractivity contribution < 1.29 is 23.5 Å². The summed E-state index contributed by atoms with van der Waals surface area (Å²) in [7, 11) is 1.56. The van der Waals surface area contributed by atoms with E-state index in [-0.39, 0.29) is 23.6 Å². The molecule has 0 saturated carbocycles. The molecule has 0 atom stereocenters. The number of rotatable bonds is 8. The van der Waals surface area contributed by atoms with E-state index in [0.29, 0.717) is 62.3 Å². The van der Waals surface area contributed by atoms with Gasteiger partial charge in [-0.15, -0.1) is 0 Å². The third-order valence-corrected chi connectivity index (χ3v) is 5.54. The highest BCUT2D eigenvalue weighted by Gasteiger charge is 2.27. The number of hydrogen-bond acceptors (Lipinski definition) is 4. The summed E-state index contributed by atoms with van der Waals surface area (Å²) >= 11 is 0. The number of likely N-dealkylation sites (tertiary alicyclic amines) is 1. The molecule has 3 amide bonds. The van der Waals surface area contributed by atoms with Gasteiger partial charge in [0.2, 0.25) is 11.8 Å². The van der Waals surface area contributed by atoms with Crippen LogP contribution < -0.4 is 15.4 Å². The molecule has 1 fully saturated rings. The zero-order valence-corrected chi connectivity index (χ0v) is 18.1. The van der Waals surface area contributed by atoms with Crippen molar-refractivity contribution in [2.75, 3.05) is 32.1 Å². The molecular formula is C24H28FN3O4. The molecule has 8 heteroatoms. The fourth-order valence-electron chi connectivity index (χ4n) is 3.68. The number of nitrogens with one attached hydrogen (secondary N) is 2. The molecule has 0 aliphatic carbocycles. The van der Waals surface area contributed by atoms with Crippen LogP contribution in [0, 0.1) is 11.7 Å². The Kier molecular flexibility index (Phi) is 8.19. The molecule has 2 aromatic carbocycles. The lowest BCUT2D eigenvalue weighted by Crippen LogP contribution is -2.41. The first-order valence-corrected chi connectivity index (χ1v) is 10.7. The van der Waals surface area contributed by atoms with Gasteiger partial charge in [0.1, 0.15) is 11.6 Å². The van der Waals surface area contributed by atoms with E-state index < -0.39 is 5.82 Å². The first-order valence-electron chi connectivity index (χ1n) is 10.7. The average molecular weight is 442 g/mol. The Balaban J connectivity index is 1.36. The monoisotopic (exact) mass is 441 g/mol. The number of amides is 3. The number of carbonyl (C=O) groups is 3. The summed E-state index contributed by atoms with van der Waals surface area (Å²) in [5, 5.41) is 5.65. The van der Waals surface area contributed by atoms with Crippen LogP contribution in [0.25, 0.3) is 0 Å². The Morgan fingerprint density at radius 1 is 1.06 bits per heavy atom. The fourth-order valence-corrected chi connectivity index (χ4v) is 3.68. The van der Waals surface area contributed by atoms with Gasteiger partial charge in [-0.1, -0.05) is 12.1 Å². The Hall–Kier alpha value is -3.42. The van der Waals surface area contributed by atoms with E-state index in [1.54, 1.807) is 24.1 Å². The zero-order valence-electron chi connectivity index (χ0n) is 18.1. The van der Waals surface area contributed by atoms with Gasteiger partial charge in [0, 0.05) is 37.5 Å². The largest absolute Gasteiger partial charge is 0.495 e. The van der Waals surface area contributed by atoms with Crippen molar-refractivity contribution in [1.29, 1.82) is 0 Å². The van der Waals surface area contributed by atoms with Crippen molar-refractivity contribution in [2.24, 2.45) is 5.92 Å². The van der Waals surface area contributed by atoms with Crippen LogP contribution in [-0.4, -0.2) is 49.4 Å². The number of carbonyl (C=O) groups excluding carboxylic acids is 3. The Labute approximate surface area is 186 Å². The van der Waals surface area contributed by atoms with Crippen LogP contribution in [0.2, 0.25) is 0 Å². The molecule has 2 aromatic rings. The quantitative estimate of drug-likeness (QED) is 0.616. The summed E-state index contributed by atoms with van der Waals surface area (Å²) < 4.78 is 18.2. The number of benzene rings is 2. The highest BCUT2D eigenvalue weighted by molar-refractivity contribution is 5.94. The fraction of sp³-hybridized carbons (Fsp3) is 0.375. The summed E-state index contributed by atoms with van der Waals surface area (Å²) in [6.45, 7) is 1.43. The van der Waals surface area contributed by atoms with Gasteiger partial charge in [-0.2, -0.15) is 0 Å². The van der Waals surface area contributed by atoms with Crippen LogP contribution in [-0.2, 0) is 9.59 Å². The predicted molar refractivity (Wildman–Crippen MR) is 119 cm³/mol. The molecule has 0 bridgehead atoms. The molecule has 32 heavy (non-hydrogen) atoms. The number of hydrogen-bond donors (Lipinski definition) is 2. The molecule has 7 nitrogen and oxygen atoms in total. The van der Waals surface area contributed by atoms with E-state index in [0.717, 1.165) is 0 Å². The second-order valence-electron chi connectivity index (χ2n) is 7.71. The maximum Gasteiger partial charge on any atom is 0.251 e. The first kappa shape index (κ1) is 23.2. The van der Waals surface area contributed by atoms with Crippen molar-refractivity contribution in [2.45, 2.75) is 25.7 Å². The number of ether oxygens (including phenoxy) is 1. The molecule has 1 aliphatic rings. The maximum absolute atomic E-state index is 12.9. The number of halogens is 1. The summed E-state index contributed by atoms with van der Waals surface area (Å²) in [5.74, 6) is -0.277. The van der Waals surface area contributed by atoms with Crippen molar-refractivity contribution in [3.05, 3.63) is 59.9 Å². The second-order valence-corrected chi connectivity index (χ2v) is 7.71. The molecule has 1 heterocycles. The highest BCUT2D eigenvalue weighted by atomic mass is 19.1. The van der Waals surface area contributed by atoms with Gasteiger partial charge < -0.3 is 20.3 Å². The molecule has 1 saturated heterocycles. The van der Waals surface area contributed by atoms with Crippen LogP contribution in [0.5, 0.6) is 5.75 Å². The average Bonchev–Trinajstić information content (AvgIpc) is 2.82. The number of anilines is 1. The lowest BCUT2D eigenvalue weighted by molar-refractivity contribution is -0.134. The minimum Gasteiger partial charge on any atom is -0.495 e. The van der Waals surface area contributed by atoms with Crippen LogP contribution in [0.4, 0.5) is 10.1 Å². The second kappa shape index (κ2) is 11.3. The maximum atomic E-state index is 12.9. The minimum absolute atomic E-state index is 0.0182. The van der Waals surface area contributed by atoms with Gasteiger partial charge in [0.15, 0.2) is 0 Å². The van der Waals surface area contributed by atoms with Crippen molar-refractivity contribution in [3.63, 3.8) is 0 Å². The van der Waals surface area contributed by atoms with Gasteiger partial charge in [-0.3, -0.25) is 14.4 Å². The molecule has 1 aliphatic heterocycles. The number of nitrogens with zero attached hydrogens (tertiary/aromatic N) is 1. The van der Waals surface area contributed by atoms with Gasteiger partial charge in [0.05, 0.1) is 12.8 Å². The Morgan fingerprint density at radius 3 is 2.44 bits per heavy atom. The lowest BCUT2D eigenvalue weighted by Gasteiger charge is -2.31. The molecule has 0 spiro atoms. The Morgan fingerprint density at radius 2 is 1.75 bits per heavy atom. The summed E-state index contributed by atoms with van der Waals surface area (Å²) in [4.78, 5) is 38.8. The topological polar surface area (TPSA) is 87.7 Å². The third-order valence-electron chi connectivity index (χ3n) is 5.54. The van der Waals surface area contributed by atoms with Crippen molar-refractivity contribution in [1.82, 2.24) is 10.2 Å². The van der Waals surface area contributed by atoms with Gasteiger partial charge >= 0.3 is 0 Å². The minimum atomic E-state index is -0.395. The van der Waals surface area contributed by atoms with Crippen molar-refractivity contribution in [3.8, 4) is 5.75 Å². The third kappa shape index (κ3) is 6.29. The van der Waals surface area contributed by atoms with Crippen LogP contribution in [0.3, 0.4) is 0 Å². The van der Waals surface area contributed by atoms with Crippen molar-refractivity contribution >= 4 is 23.4 Å². The molecule has 3 rings (SSSR count). The zero-order chi connectivity index (χ0) is 22.9. The smallest absolute Gasteiger partial charge is 0.251 e. The Bertz CT molecular complexity index is 941. The standard InChI is InChI=1S/C24H28FN3O4/c1-32-21-6-3-2-5-20(21)27-24(31)18-12-15-28(16-13-18)22(29)7-4-14-26-23(30)17-8-10-19(25)11-9-17/h2-3,5-6,8-11,18H,4,7,12-16H2,1H3,(H,26,30)(H,27,31). The first-order chi connectivity index (χ1) is 15.5. The molecular weight excluding hydrogens is 413 g/mol. The van der Waals surface area contributed by atoms with Gasteiger partial charge in [0.25, 0.3) is 5.91 Å². The van der Waals surface area contributed by atoms with E-state index in [2.05, 4.69) is 10.6 Å². The summed E-state index contributed by atoms with van der Waals surface area (Å²) in [6.07, 6.45) is 2.05. The van der Waals surface area contributed by atoms with Crippen LogP contribution in [0.1, 0.15) is 36.0 Å². The molecule has 0 unspecified atom stereocenters. The van der Waals surface area contributed by atoms with Gasteiger partial charge in [-0.25, -0.2) is 4.39 Å². The van der Waals surface area contributed by atoms with E-state index in [1.165, 1.54) is 24.3 Å². The summed E-state index contributed by atoms with van der Waals surface area (Å²) in [5.41, 5.74) is 1.02.